The van der Waals surface area contributed by atoms with Crippen molar-refractivity contribution in [3.8, 4) is 0 Å². The molecule has 1 aromatic rings. The van der Waals surface area contributed by atoms with Gasteiger partial charge in [0.05, 0.1) is 6.42 Å². The van der Waals surface area contributed by atoms with Crippen LogP contribution in [0.2, 0.25) is 0 Å². The summed E-state index contributed by atoms with van der Waals surface area (Å²) in [4.78, 5) is 29.9. The van der Waals surface area contributed by atoms with Gasteiger partial charge in [0.2, 0.25) is 0 Å². The summed E-state index contributed by atoms with van der Waals surface area (Å²) in [6, 6.07) is 7.73. The quantitative estimate of drug-likeness (QED) is 0.646. The minimum absolute atomic E-state index is 0.0569. The van der Waals surface area contributed by atoms with E-state index >= 15 is 0 Å². The molecule has 4 N–H and O–H groups in total. The molecule has 0 saturated heterocycles. The van der Waals surface area contributed by atoms with Gasteiger partial charge in [0.15, 0.2) is 0 Å². The zero-order valence-corrected chi connectivity index (χ0v) is 16.1. The van der Waals surface area contributed by atoms with Gasteiger partial charge in [-0.1, -0.05) is 24.3 Å². The fourth-order valence-electron chi connectivity index (χ4n) is 3.60. The number of carboxylic acids is 1. The number of thioether (sulfide) groups is 1. The van der Waals surface area contributed by atoms with Crippen molar-refractivity contribution in [1.29, 1.82) is 0 Å². The Morgan fingerprint density at radius 3 is 2.93 bits per heavy atom. The molecule has 7 nitrogen and oxygen atoms in total. The summed E-state index contributed by atoms with van der Waals surface area (Å²) in [5.41, 5.74) is 8.79. The third kappa shape index (κ3) is 5.46. The number of amides is 2. The topological polar surface area (TPSA) is 108 Å². The first-order chi connectivity index (χ1) is 13.0. The Morgan fingerprint density at radius 2 is 2.19 bits per heavy atom. The van der Waals surface area contributed by atoms with E-state index in [1.165, 1.54) is 0 Å². The van der Waals surface area contributed by atoms with Gasteiger partial charge in [0, 0.05) is 31.1 Å². The number of urea groups is 1. The number of aliphatic carboxylic acids is 1. The van der Waals surface area contributed by atoms with Crippen LogP contribution in [0, 0.1) is 0 Å². The highest BCUT2D eigenvalue weighted by atomic mass is 32.2. The van der Waals surface area contributed by atoms with E-state index in [4.69, 9.17) is 5.73 Å². The van der Waals surface area contributed by atoms with Crippen molar-refractivity contribution in [2.45, 2.75) is 43.6 Å². The smallest absolute Gasteiger partial charge is 0.317 e. The number of rotatable bonds is 6. The van der Waals surface area contributed by atoms with Crippen molar-refractivity contribution in [2.75, 3.05) is 18.8 Å². The number of aliphatic imine (C=N–C) groups is 1. The van der Waals surface area contributed by atoms with E-state index in [0.29, 0.717) is 26.1 Å². The molecule has 0 aliphatic carbocycles. The van der Waals surface area contributed by atoms with Gasteiger partial charge in [-0.05, 0) is 36.3 Å². The summed E-state index contributed by atoms with van der Waals surface area (Å²) < 4.78 is 0. The Kier molecular flexibility index (Phi) is 6.73. The number of nitrogens with one attached hydrogen (secondary N) is 1. The van der Waals surface area contributed by atoms with E-state index in [1.54, 1.807) is 16.7 Å². The molecule has 0 aromatic heterocycles. The summed E-state index contributed by atoms with van der Waals surface area (Å²) in [6.45, 7) is 1.65. The van der Waals surface area contributed by atoms with Gasteiger partial charge >= 0.3 is 12.0 Å². The predicted octanol–water partition coefficient (Wildman–Crippen LogP) is 2.37. The number of nitrogens with zero attached hydrogens (tertiary/aromatic N) is 2. The highest BCUT2D eigenvalue weighted by molar-refractivity contribution is 8.00. The van der Waals surface area contributed by atoms with Gasteiger partial charge in [-0.15, -0.1) is 11.8 Å². The maximum absolute atomic E-state index is 12.6. The van der Waals surface area contributed by atoms with Crippen LogP contribution >= 0.6 is 11.8 Å². The molecule has 0 fully saturated rings. The molecular weight excluding hydrogens is 364 g/mol. The zero-order valence-electron chi connectivity index (χ0n) is 15.3. The molecule has 2 heterocycles. The second kappa shape index (κ2) is 9.23. The number of carbonyl (C=O) groups excluding carboxylic acids is 1. The van der Waals surface area contributed by atoms with E-state index < -0.39 is 5.97 Å². The van der Waals surface area contributed by atoms with Crippen molar-refractivity contribution >= 4 is 29.5 Å². The maximum Gasteiger partial charge on any atom is 0.317 e. The number of nitrogens with two attached hydrogens (primary N) is 1. The molecule has 2 atom stereocenters. The average molecular weight is 391 g/mol. The van der Waals surface area contributed by atoms with Crippen LogP contribution in [-0.4, -0.2) is 52.1 Å². The molecule has 146 valence electrons. The van der Waals surface area contributed by atoms with Crippen molar-refractivity contribution in [3.63, 3.8) is 0 Å². The molecule has 0 bridgehead atoms. The lowest BCUT2D eigenvalue weighted by Crippen LogP contribution is -2.40. The largest absolute Gasteiger partial charge is 0.481 e. The number of fused-ring (bicyclic) bond motifs is 1. The SMILES string of the molecule is NC1N=C(CCCNC(=O)N2CCC(CC(=O)O)c3ccccc3C2)CS1. The zero-order chi connectivity index (χ0) is 19.2. The molecule has 27 heavy (non-hydrogen) atoms. The minimum atomic E-state index is -0.805. The number of hydrogen-bond acceptors (Lipinski definition) is 5. The molecule has 2 aliphatic rings. The second-order valence-corrected chi connectivity index (χ2v) is 8.04. The Labute approximate surface area is 163 Å². The van der Waals surface area contributed by atoms with Crippen LogP contribution in [0.3, 0.4) is 0 Å². The summed E-state index contributed by atoms with van der Waals surface area (Å²) in [5.74, 6) is 0.0159. The van der Waals surface area contributed by atoms with E-state index in [0.717, 1.165) is 35.4 Å². The highest BCUT2D eigenvalue weighted by Crippen LogP contribution is 2.31. The number of carboxylic acid groups (broad SMARTS) is 1. The Balaban J connectivity index is 1.53. The summed E-state index contributed by atoms with van der Waals surface area (Å²) >= 11 is 1.63. The molecule has 0 saturated carbocycles. The molecule has 2 aliphatic heterocycles. The van der Waals surface area contributed by atoms with Crippen LogP contribution in [0.5, 0.6) is 0 Å². The number of hydrogen-bond donors (Lipinski definition) is 3. The molecular formula is C19H26N4O3S. The molecule has 3 rings (SSSR count). The fraction of sp³-hybridized carbons (Fsp3) is 0.526. The number of benzene rings is 1. The monoisotopic (exact) mass is 390 g/mol. The van der Waals surface area contributed by atoms with Crippen molar-refractivity contribution in [2.24, 2.45) is 10.7 Å². The number of carbonyl (C=O) groups is 2. The lowest BCUT2D eigenvalue weighted by atomic mass is 9.90. The van der Waals surface area contributed by atoms with Gasteiger partial charge < -0.3 is 21.1 Å². The van der Waals surface area contributed by atoms with Crippen LogP contribution in [0.4, 0.5) is 4.79 Å². The molecule has 8 heteroatoms. The van der Waals surface area contributed by atoms with Gasteiger partial charge in [-0.3, -0.25) is 9.79 Å². The van der Waals surface area contributed by atoms with Crippen molar-refractivity contribution in [3.05, 3.63) is 35.4 Å². The Bertz CT molecular complexity index is 725. The van der Waals surface area contributed by atoms with Crippen LogP contribution in [-0.2, 0) is 11.3 Å². The molecule has 2 amide bonds. The van der Waals surface area contributed by atoms with Gasteiger partial charge in [-0.25, -0.2) is 4.79 Å². The highest BCUT2D eigenvalue weighted by Gasteiger charge is 2.26. The first kappa shape index (κ1) is 19.7. The van der Waals surface area contributed by atoms with Crippen LogP contribution in [0.15, 0.2) is 29.3 Å². The summed E-state index contributed by atoms with van der Waals surface area (Å²) in [7, 11) is 0. The fourth-order valence-corrected chi connectivity index (χ4v) is 4.40. The lowest BCUT2D eigenvalue weighted by Gasteiger charge is -2.21. The first-order valence-electron chi connectivity index (χ1n) is 9.28. The summed E-state index contributed by atoms with van der Waals surface area (Å²) in [6.07, 6.45) is 2.44. The van der Waals surface area contributed by atoms with Crippen LogP contribution < -0.4 is 11.1 Å². The third-order valence-corrected chi connectivity index (χ3v) is 5.91. The average Bonchev–Trinajstić information content (AvgIpc) is 2.97. The Hall–Kier alpha value is -2.06. The third-order valence-electron chi connectivity index (χ3n) is 4.96. The van der Waals surface area contributed by atoms with Gasteiger partial charge in [0.25, 0.3) is 0 Å². The predicted molar refractivity (Wildman–Crippen MR) is 107 cm³/mol. The minimum Gasteiger partial charge on any atom is -0.481 e. The van der Waals surface area contributed by atoms with E-state index in [-0.39, 0.29) is 23.9 Å². The van der Waals surface area contributed by atoms with E-state index in [9.17, 15) is 14.7 Å². The Morgan fingerprint density at radius 1 is 1.37 bits per heavy atom. The lowest BCUT2D eigenvalue weighted by molar-refractivity contribution is -0.137. The van der Waals surface area contributed by atoms with Crippen molar-refractivity contribution < 1.29 is 14.7 Å². The molecule has 2 unspecified atom stereocenters. The maximum atomic E-state index is 12.6. The van der Waals surface area contributed by atoms with E-state index in [1.807, 2.05) is 24.3 Å². The van der Waals surface area contributed by atoms with Crippen LogP contribution in [0.1, 0.15) is 42.7 Å². The summed E-state index contributed by atoms with van der Waals surface area (Å²) in [5, 5.41) is 12.2. The first-order valence-corrected chi connectivity index (χ1v) is 10.3. The van der Waals surface area contributed by atoms with Crippen LogP contribution in [0.25, 0.3) is 0 Å². The molecule has 0 radical (unpaired) electrons. The van der Waals surface area contributed by atoms with Crippen molar-refractivity contribution in [1.82, 2.24) is 10.2 Å². The molecule has 0 spiro atoms. The van der Waals surface area contributed by atoms with Gasteiger partial charge in [0.1, 0.15) is 5.50 Å². The molecule has 1 aromatic carbocycles. The van der Waals surface area contributed by atoms with E-state index in [2.05, 4.69) is 10.3 Å². The normalized spacial score (nSPS) is 22.0. The second-order valence-electron chi connectivity index (χ2n) is 6.94. The standard InChI is InChI=1S/C19H26N4O3S/c20-18-22-15(12-27-18)5-3-8-21-19(26)23-9-7-13(10-17(24)25)16-6-2-1-4-14(16)11-23/h1-2,4,6,13,18H,3,5,7-12,20H2,(H,21,26)(H,24,25). The van der Waals surface area contributed by atoms with Gasteiger partial charge in [-0.2, -0.15) is 0 Å².